The number of hydrogen-bond donors (Lipinski definition) is 1. The number of nitrogens with one attached hydrogen (secondary N) is 1. The van der Waals surface area contributed by atoms with E-state index >= 15 is 0 Å². The molecular weight excluding hydrogens is 419 g/mol. The Kier molecular flexibility index (Phi) is 6.87. The largest absolute Gasteiger partial charge is 0.384 e. The number of aryl methyl sites for hydroxylation is 1. The van der Waals surface area contributed by atoms with Crippen molar-refractivity contribution in [2.75, 3.05) is 49.5 Å². The zero-order valence-electron chi connectivity index (χ0n) is 17.1. The highest BCUT2D eigenvalue weighted by molar-refractivity contribution is 6.31. The molecule has 1 N–H and O–H groups in total. The first-order valence-corrected chi connectivity index (χ1v) is 11.2. The maximum absolute atomic E-state index is 6.29. The van der Waals surface area contributed by atoms with E-state index in [1.165, 1.54) is 0 Å². The fourth-order valence-electron chi connectivity index (χ4n) is 3.76. The molecular formula is C22H26Cl2N6. The lowest BCUT2D eigenvalue weighted by atomic mass is 10.2. The molecule has 0 saturated carbocycles. The van der Waals surface area contributed by atoms with Crippen molar-refractivity contribution >= 4 is 45.6 Å². The first-order valence-electron chi connectivity index (χ1n) is 10.4. The highest BCUT2D eigenvalue weighted by Gasteiger charge is 2.18. The highest BCUT2D eigenvalue weighted by atomic mass is 35.5. The van der Waals surface area contributed by atoms with E-state index < -0.39 is 0 Å². The quantitative estimate of drug-likeness (QED) is 0.427. The Morgan fingerprint density at radius 3 is 2.67 bits per heavy atom. The molecule has 1 aliphatic heterocycles. The highest BCUT2D eigenvalue weighted by Crippen LogP contribution is 2.24. The average molecular weight is 445 g/mol. The van der Waals surface area contributed by atoms with Crippen LogP contribution in [-0.4, -0.2) is 59.1 Å². The van der Waals surface area contributed by atoms with E-state index in [2.05, 4.69) is 32.0 Å². The van der Waals surface area contributed by atoms with Crippen LogP contribution in [0.15, 0.2) is 36.5 Å². The van der Waals surface area contributed by atoms with Gasteiger partial charge in [0.2, 0.25) is 0 Å². The van der Waals surface area contributed by atoms with Gasteiger partial charge in [0.05, 0.1) is 5.52 Å². The van der Waals surface area contributed by atoms with E-state index in [1.54, 1.807) is 6.20 Å². The fraction of sp³-hybridized carbons (Fsp3) is 0.409. The summed E-state index contributed by atoms with van der Waals surface area (Å²) < 4.78 is 0. The molecule has 0 aliphatic carbocycles. The van der Waals surface area contributed by atoms with Crippen molar-refractivity contribution < 1.29 is 0 Å². The summed E-state index contributed by atoms with van der Waals surface area (Å²) in [6.07, 6.45) is 3.47. The number of pyridine rings is 1. The van der Waals surface area contributed by atoms with Crippen molar-refractivity contribution in [2.45, 2.75) is 19.8 Å². The number of rotatable bonds is 7. The summed E-state index contributed by atoms with van der Waals surface area (Å²) in [4.78, 5) is 18.3. The van der Waals surface area contributed by atoms with Gasteiger partial charge >= 0.3 is 0 Å². The second-order valence-corrected chi connectivity index (χ2v) is 8.26. The summed E-state index contributed by atoms with van der Waals surface area (Å²) in [5, 5.41) is 5.76. The van der Waals surface area contributed by atoms with Gasteiger partial charge in [0.15, 0.2) is 0 Å². The number of fused-ring (bicyclic) bond motifs is 1. The van der Waals surface area contributed by atoms with E-state index in [-0.39, 0.29) is 0 Å². The third-order valence-electron chi connectivity index (χ3n) is 5.47. The van der Waals surface area contributed by atoms with Crippen LogP contribution in [0.25, 0.3) is 10.9 Å². The van der Waals surface area contributed by atoms with Crippen LogP contribution < -0.4 is 10.2 Å². The summed E-state index contributed by atoms with van der Waals surface area (Å²) in [6.45, 7) is 8.17. The molecule has 0 atom stereocenters. The van der Waals surface area contributed by atoms with Crippen LogP contribution in [0.1, 0.15) is 19.2 Å². The first kappa shape index (κ1) is 21.1. The van der Waals surface area contributed by atoms with Gasteiger partial charge in [-0.3, -0.25) is 4.98 Å². The van der Waals surface area contributed by atoms with Crippen molar-refractivity contribution in [2.24, 2.45) is 0 Å². The smallest absolute Gasteiger partial charge is 0.134 e. The molecule has 2 aromatic heterocycles. The molecule has 0 spiro atoms. The minimum atomic E-state index is 0.512. The number of halogens is 2. The molecule has 1 aliphatic rings. The maximum atomic E-state index is 6.29. The Morgan fingerprint density at radius 1 is 1.03 bits per heavy atom. The van der Waals surface area contributed by atoms with Crippen molar-refractivity contribution in [1.82, 2.24) is 19.9 Å². The predicted molar refractivity (Wildman–Crippen MR) is 125 cm³/mol. The van der Waals surface area contributed by atoms with E-state index in [9.17, 15) is 0 Å². The van der Waals surface area contributed by atoms with Crippen molar-refractivity contribution in [3.05, 3.63) is 52.5 Å². The number of benzene rings is 1. The second-order valence-electron chi connectivity index (χ2n) is 7.44. The van der Waals surface area contributed by atoms with Gasteiger partial charge in [-0.15, -0.1) is 0 Å². The summed E-state index contributed by atoms with van der Waals surface area (Å²) in [6, 6.07) is 9.62. The van der Waals surface area contributed by atoms with Crippen molar-refractivity contribution in [1.29, 1.82) is 0 Å². The lowest BCUT2D eigenvalue weighted by Gasteiger charge is -2.34. The maximum Gasteiger partial charge on any atom is 0.134 e. The van der Waals surface area contributed by atoms with Gasteiger partial charge in [0.1, 0.15) is 16.8 Å². The number of piperazine rings is 1. The molecule has 158 valence electrons. The molecule has 8 heteroatoms. The average Bonchev–Trinajstić information content (AvgIpc) is 2.76. The van der Waals surface area contributed by atoms with E-state index in [4.69, 9.17) is 28.2 Å². The molecule has 1 saturated heterocycles. The lowest BCUT2D eigenvalue weighted by molar-refractivity contribution is 0.270. The number of likely N-dealkylation sites (N-methyl/N-ethyl adjacent to an activating group) is 1. The number of aromatic nitrogens is 3. The van der Waals surface area contributed by atoms with Crippen LogP contribution in [0.2, 0.25) is 10.2 Å². The molecule has 6 nitrogen and oxygen atoms in total. The molecule has 1 fully saturated rings. The topological polar surface area (TPSA) is 57.2 Å². The third kappa shape index (κ3) is 5.12. The minimum absolute atomic E-state index is 0.512. The number of anilines is 2. The molecule has 0 bridgehead atoms. The Bertz CT molecular complexity index is 1000. The van der Waals surface area contributed by atoms with E-state index in [0.717, 1.165) is 80.3 Å². The summed E-state index contributed by atoms with van der Waals surface area (Å²) in [5.74, 6) is 1.73. The summed E-state index contributed by atoms with van der Waals surface area (Å²) >= 11 is 12.4. The number of hydrogen-bond acceptors (Lipinski definition) is 6. The molecule has 1 aromatic carbocycles. The Hall–Kier alpha value is -2.15. The molecule has 0 unspecified atom stereocenters. The Morgan fingerprint density at radius 2 is 1.87 bits per heavy atom. The fourth-order valence-corrected chi connectivity index (χ4v) is 4.13. The van der Waals surface area contributed by atoms with E-state index in [1.807, 2.05) is 30.3 Å². The van der Waals surface area contributed by atoms with Crippen LogP contribution in [0.4, 0.5) is 11.5 Å². The summed E-state index contributed by atoms with van der Waals surface area (Å²) in [5.41, 5.74) is 1.94. The zero-order chi connectivity index (χ0) is 20.9. The second kappa shape index (κ2) is 9.77. The predicted octanol–water partition coefficient (Wildman–Crippen LogP) is 4.52. The molecule has 3 aromatic rings. The molecule has 0 radical (unpaired) electrons. The molecule has 3 heterocycles. The lowest BCUT2D eigenvalue weighted by Crippen LogP contribution is -2.46. The van der Waals surface area contributed by atoms with E-state index in [0.29, 0.717) is 10.2 Å². The third-order valence-corrected chi connectivity index (χ3v) is 5.90. The van der Waals surface area contributed by atoms with Gasteiger partial charge in [0.25, 0.3) is 0 Å². The number of nitrogens with zero attached hydrogens (tertiary/aromatic N) is 5. The standard InChI is InChI=1S/C22H26Cl2N6/c1-2-29-10-12-30(13-11-29)22-15-20(24)27-21(28-22)4-3-8-25-18-7-9-26-19-14-16(23)5-6-17(18)19/h5-7,9,14-15H,2-4,8,10-13H2,1H3,(H,25,26). The van der Waals surface area contributed by atoms with Crippen LogP contribution in [0.3, 0.4) is 0 Å². The Labute approximate surface area is 187 Å². The molecule has 30 heavy (non-hydrogen) atoms. The minimum Gasteiger partial charge on any atom is -0.384 e. The monoisotopic (exact) mass is 444 g/mol. The molecule has 4 rings (SSSR count). The van der Waals surface area contributed by atoms with Gasteiger partial charge < -0.3 is 15.1 Å². The van der Waals surface area contributed by atoms with Gasteiger partial charge in [0, 0.05) is 67.5 Å². The van der Waals surface area contributed by atoms with Gasteiger partial charge in [-0.2, -0.15) is 0 Å². The van der Waals surface area contributed by atoms with Crippen molar-refractivity contribution in [3.63, 3.8) is 0 Å². The Balaban J connectivity index is 1.35. The zero-order valence-corrected chi connectivity index (χ0v) is 18.6. The van der Waals surface area contributed by atoms with Gasteiger partial charge in [-0.05, 0) is 37.2 Å². The van der Waals surface area contributed by atoms with Gasteiger partial charge in [-0.25, -0.2) is 9.97 Å². The van der Waals surface area contributed by atoms with Crippen LogP contribution in [0.5, 0.6) is 0 Å². The normalized spacial score (nSPS) is 15.0. The van der Waals surface area contributed by atoms with Crippen LogP contribution >= 0.6 is 23.2 Å². The van der Waals surface area contributed by atoms with Crippen LogP contribution in [0, 0.1) is 0 Å². The molecule has 0 amide bonds. The SMILES string of the molecule is CCN1CCN(c2cc(Cl)nc(CCCNc3ccnc4cc(Cl)ccc34)n2)CC1. The van der Waals surface area contributed by atoms with Crippen LogP contribution in [-0.2, 0) is 6.42 Å². The summed E-state index contributed by atoms with van der Waals surface area (Å²) in [7, 11) is 0. The van der Waals surface area contributed by atoms with Crippen molar-refractivity contribution in [3.8, 4) is 0 Å². The van der Waals surface area contributed by atoms with Gasteiger partial charge in [-0.1, -0.05) is 30.1 Å². The first-order chi connectivity index (χ1) is 14.6.